The first-order chi connectivity index (χ1) is 12.3. The molecule has 0 saturated carbocycles. The van der Waals surface area contributed by atoms with Gasteiger partial charge in [-0.1, -0.05) is 0 Å². The van der Waals surface area contributed by atoms with Crippen molar-refractivity contribution in [1.29, 1.82) is 0 Å². The number of nitrogens with zero attached hydrogens (tertiary/aromatic N) is 2. The van der Waals surface area contributed by atoms with E-state index in [4.69, 9.17) is 4.74 Å². The number of hydrogen-bond acceptors (Lipinski definition) is 4. The van der Waals surface area contributed by atoms with Crippen molar-refractivity contribution in [3.63, 3.8) is 0 Å². The summed E-state index contributed by atoms with van der Waals surface area (Å²) < 4.78 is 5.23. The van der Waals surface area contributed by atoms with E-state index in [1.165, 1.54) is 0 Å². The molecule has 1 N–H and O–H groups in total. The number of carbonyl (C=O) groups excluding carboxylic acids is 2. The highest BCUT2D eigenvalue weighted by Crippen LogP contribution is 2.43. The van der Waals surface area contributed by atoms with Gasteiger partial charge in [-0.2, -0.15) is 0 Å². The van der Waals surface area contributed by atoms with E-state index in [1.807, 2.05) is 6.92 Å². The number of aryl methyl sites for hydroxylation is 1. The molecule has 2 fully saturated rings. The summed E-state index contributed by atoms with van der Waals surface area (Å²) in [6.45, 7) is 2.76. The van der Waals surface area contributed by atoms with E-state index < -0.39 is 17.4 Å². The smallest absolute Gasteiger partial charge is 0.309 e. The molecule has 2 amide bonds. The number of carbonyl (C=O) groups is 3. The fourth-order valence-corrected chi connectivity index (χ4v) is 4.28. The summed E-state index contributed by atoms with van der Waals surface area (Å²) in [5.74, 6) is -1.13. The molecule has 1 unspecified atom stereocenters. The minimum Gasteiger partial charge on any atom is -0.496 e. The summed E-state index contributed by atoms with van der Waals surface area (Å²) in [5.41, 5.74) is 0.791. The lowest BCUT2D eigenvalue weighted by Crippen LogP contribution is -2.56. The second-order valence-corrected chi connectivity index (χ2v) is 7.13. The molecule has 3 rings (SSSR count). The number of piperidine rings is 1. The molecule has 2 aliphatic heterocycles. The van der Waals surface area contributed by atoms with E-state index in [-0.39, 0.29) is 18.2 Å². The number of carboxylic acid groups (broad SMARTS) is 1. The van der Waals surface area contributed by atoms with Crippen molar-refractivity contribution in [2.45, 2.75) is 31.7 Å². The second kappa shape index (κ2) is 6.63. The van der Waals surface area contributed by atoms with Gasteiger partial charge in [0.05, 0.1) is 18.6 Å². The van der Waals surface area contributed by atoms with Crippen LogP contribution in [0.15, 0.2) is 18.2 Å². The van der Waals surface area contributed by atoms with Gasteiger partial charge in [0.1, 0.15) is 5.75 Å². The SMILES string of the molecule is COc1ccc(C(=O)N2CCC3(CC2)C(C(=O)O)CC(=O)N3C)cc1C. The van der Waals surface area contributed by atoms with Gasteiger partial charge < -0.3 is 19.6 Å². The van der Waals surface area contributed by atoms with Gasteiger partial charge in [-0.25, -0.2) is 0 Å². The van der Waals surface area contributed by atoms with E-state index in [1.54, 1.807) is 42.2 Å². The van der Waals surface area contributed by atoms with Crippen molar-refractivity contribution in [2.24, 2.45) is 5.92 Å². The molecule has 26 heavy (non-hydrogen) atoms. The third-order valence-corrected chi connectivity index (χ3v) is 5.93. The third kappa shape index (κ3) is 2.81. The van der Waals surface area contributed by atoms with Crippen LogP contribution in [0.3, 0.4) is 0 Å². The van der Waals surface area contributed by atoms with E-state index in [0.29, 0.717) is 31.5 Å². The summed E-state index contributed by atoms with van der Waals surface area (Å²) >= 11 is 0. The number of likely N-dealkylation sites (tertiary alicyclic amines) is 2. The van der Waals surface area contributed by atoms with Gasteiger partial charge in [-0.15, -0.1) is 0 Å². The highest BCUT2D eigenvalue weighted by molar-refractivity contribution is 5.95. The summed E-state index contributed by atoms with van der Waals surface area (Å²) in [5, 5.41) is 9.53. The van der Waals surface area contributed by atoms with Crippen LogP contribution in [0.1, 0.15) is 35.2 Å². The molecular formula is C19H24N2O5. The first kappa shape index (κ1) is 18.2. The molecule has 1 aromatic rings. The lowest BCUT2D eigenvalue weighted by atomic mass is 9.77. The first-order valence-electron chi connectivity index (χ1n) is 8.73. The summed E-state index contributed by atoms with van der Waals surface area (Å²) in [6, 6.07) is 5.32. The summed E-state index contributed by atoms with van der Waals surface area (Å²) in [4.78, 5) is 39.8. The van der Waals surface area contributed by atoms with Crippen LogP contribution in [-0.4, -0.2) is 65.5 Å². The van der Waals surface area contributed by atoms with E-state index in [0.717, 1.165) is 11.3 Å². The topological polar surface area (TPSA) is 87.1 Å². The number of carboxylic acids is 1. The Morgan fingerprint density at radius 1 is 1.27 bits per heavy atom. The molecule has 7 heteroatoms. The molecule has 0 radical (unpaired) electrons. The van der Waals surface area contributed by atoms with Gasteiger partial charge in [0.2, 0.25) is 5.91 Å². The Labute approximate surface area is 152 Å². The van der Waals surface area contributed by atoms with Crippen LogP contribution < -0.4 is 4.74 Å². The van der Waals surface area contributed by atoms with Gasteiger partial charge >= 0.3 is 5.97 Å². The second-order valence-electron chi connectivity index (χ2n) is 7.13. The highest BCUT2D eigenvalue weighted by Gasteiger charge is 2.55. The van der Waals surface area contributed by atoms with Crippen molar-refractivity contribution in [3.8, 4) is 5.75 Å². The fraction of sp³-hybridized carbons (Fsp3) is 0.526. The normalized spacial score (nSPS) is 22.0. The number of benzene rings is 1. The molecule has 0 aromatic heterocycles. The standard InChI is InChI=1S/C19H24N2O5/c1-12-10-13(4-5-15(12)26-3)17(23)21-8-6-19(7-9-21)14(18(24)25)11-16(22)20(19)2/h4-5,10,14H,6-9,11H2,1-3H3,(H,24,25). The minimum atomic E-state index is -0.937. The van der Waals surface area contributed by atoms with Crippen LogP contribution in [0.4, 0.5) is 0 Å². The minimum absolute atomic E-state index is 0.0391. The van der Waals surface area contributed by atoms with E-state index >= 15 is 0 Å². The average Bonchev–Trinajstić information content (AvgIpc) is 2.87. The largest absolute Gasteiger partial charge is 0.496 e. The summed E-state index contributed by atoms with van der Waals surface area (Å²) in [7, 11) is 3.27. The van der Waals surface area contributed by atoms with Gasteiger partial charge in [-0.05, 0) is 43.5 Å². The first-order valence-corrected chi connectivity index (χ1v) is 8.73. The van der Waals surface area contributed by atoms with Crippen molar-refractivity contribution in [2.75, 3.05) is 27.2 Å². The molecule has 1 spiro atoms. The van der Waals surface area contributed by atoms with Crippen LogP contribution in [0.5, 0.6) is 5.75 Å². The molecule has 1 atom stereocenters. The Morgan fingerprint density at radius 2 is 1.92 bits per heavy atom. The van der Waals surface area contributed by atoms with Crippen LogP contribution in [0, 0.1) is 12.8 Å². The average molecular weight is 360 g/mol. The van der Waals surface area contributed by atoms with Gasteiger partial charge in [0, 0.05) is 32.1 Å². The maximum atomic E-state index is 12.8. The van der Waals surface area contributed by atoms with Crippen molar-refractivity contribution in [3.05, 3.63) is 29.3 Å². The van der Waals surface area contributed by atoms with E-state index in [2.05, 4.69) is 0 Å². The van der Waals surface area contributed by atoms with Crippen LogP contribution in [-0.2, 0) is 9.59 Å². The number of methoxy groups -OCH3 is 1. The zero-order valence-electron chi connectivity index (χ0n) is 15.3. The maximum Gasteiger partial charge on any atom is 0.309 e. The van der Waals surface area contributed by atoms with E-state index in [9.17, 15) is 19.5 Å². The number of amides is 2. The number of ether oxygens (including phenoxy) is 1. The van der Waals surface area contributed by atoms with Crippen LogP contribution in [0.2, 0.25) is 0 Å². The molecule has 140 valence electrons. The quantitative estimate of drug-likeness (QED) is 0.884. The lowest BCUT2D eigenvalue weighted by Gasteiger charge is -2.45. The molecule has 0 bridgehead atoms. The molecule has 0 aliphatic carbocycles. The van der Waals surface area contributed by atoms with Crippen molar-refractivity contribution < 1.29 is 24.2 Å². The number of rotatable bonds is 3. The van der Waals surface area contributed by atoms with Crippen molar-refractivity contribution >= 4 is 17.8 Å². The number of aliphatic carboxylic acids is 1. The Kier molecular flexibility index (Phi) is 4.64. The van der Waals surface area contributed by atoms with Crippen LogP contribution >= 0.6 is 0 Å². The van der Waals surface area contributed by atoms with Gasteiger partial charge in [0.15, 0.2) is 0 Å². The monoisotopic (exact) mass is 360 g/mol. The third-order valence-electron chi connectivity index (χ3n) is 5.93. The molecular weight excluding hydrogens is 336 g/mol. The maximum absolute atomic E-state index is 12.8. The Hall–Kier alpha value is -2.57. The molecule has 1 aromatic carbocycles. The van der Waals surface area contributed by atoms with Crippen LogP contribution in [0.25, 0.3) is 0 Å². The van der Waals surface area contributed by atoms with Gasteiger partial charge in [0.25, 0.3) is 5.91 Å². The number of hydrogen-bond donors (Lipinski definition) is 1. The predicted molar refractivity (Wildman–Crippen MR) is 94.1 cm³/mol. The van der Waals surface area contributed by atoms with Gasteiger partial charge in [-0.3, -0.25) is 14.4 Å². The molecule has 2 saturated heterocycles. The van der Waals surface area contributed by atoms with Crippen molar-refractivity contribution in [1.82, 2.24) is 9.80 Å². The summed E-state index contributed by atoms with van der Waals surface area (Å²) in [6.07, 6.45) is 0.998. The lowest BCUT2D eigenvalue weighted by molar-refractivity contribution is -0.145. The predicted octanol–water partition coefficient (Wildman–Crippen LogP) is 1.54. The highest BCUT2D eigenvalue weighted by atomic mass is 16.5. The Morgan fingerprint density at radius 3 is 2.46 bits per heavy atom. The Bertz CT molecular complexity index is 752. The zero-order chi connectivity index (χ0) is 19.1. The Balaban J connectivity index is 1.75. The molecule has 2 heterocycles. The molecule has 2 aliphatic rings. The zero-order valence-corrected chi connectivity index (χ0v) is 15.3. The molecule has 7 nitrogen and oxygen atoms in total. The fourth-order valence-electron chi connectivity index (χ4n) is 4.28.